The van der Waals surface area contributed by atoms with Gasteiger partial charge in [-0.1, -0.05) is 23.7 Å². The molecule has 2 aromatic rings. The number of methoxy groups -OCH3 is 1. The van der Waals surface area contributed by atoms with Gasteiger partial charge in [-0.3, -0.25) is 9.59 Å². The van der Waals surface area contributed by atoms with E-state index in [0.717, 1.165) is 30.6 Å². The Morgan fingerprint density at radius 2 is 1.96 bits per heavy atom. The van der Waals surface area contributed by atoms with Crippen molar-refractivity contribution in [3.05, 3.63) is 52.5 Å². The topological polar surface area (TPSA) is 84.7 Å². The van der Waals surface area contributed by atoms with E-state index in [1.54, 1.807) is 0 Å². The number of piperidine rings is 1. The van der Waals surface area contributed by atoms with Crippen LogP contribution in [0.4, 0.5) is 11.4 Å². The molecule has 150 valence electrons. The zero-order chi connectivity index (χ0) is 19.4. The lowest BCUT2D eigenvalue weighted by atomic mass is 10.1. The molecule has 1 heterocycles. The van der Waals surface area contributed by atoms with E-state index in [-0.39, 0.29) is 24.2 Å². The summed E-state index contributed by atoms with van der Waals surface area (Å²) < 4.78 is 5.21. The molecule has 0 radical (unpaired) electrons. The molecule has 3 rings (SSSR count). The van der Waals surface area contributed by atoms with Crippen molar-refractivity contribution in [1.82, 2.24) is 5.32 Å². The van der Waals surface area contributed by atoms with E-state index >= 15 is 0 Å². The second-order valence-electron chi connectivity index (χ2n) is 6.43. The Morgan fingerprint density at radius 3 is 2.61 bits per heavy atom. The van der Waals surface area contributed by atoms with E-state index in [1.807, 2.05) is 29.2 Å². The molecule has 2 amide bonds. The lowest BCUT2D eigenvalue weighted by Crippen LogP contribution is -2.35. The monoisotopic (exact) mass is 423 g/mol. The van der Waals surface area contributed by atoms with Crippen LogP contribution in [0.3, 0.4) is 0 Å². The maximum Gasteiger partial charge on any atom is 0.255 e. The molecule has 1 aliphatic heterocycles. The number of carbonyl (C=O) groups excluding carboxylic acids is 2. The predicted octanol–water partition coefficient (Wildman–Crippen LogP) is 3.80. The van der Waals surface area contributed by atoms with Crippen molar-refractivity contribution in [1.29, 1.82) is 0 Å². The zero-order valence-corrected chi connectivity index (χ0v) is 17.1. The number of benzene rings is 2. The van der Waals surface area contributed by atoms with Crippen LogP contribution < -0.4 is 20.7 Å². The summed E-state index contributed by atoms with van der Waals surface area (Å²) in [7, 11) is 1.47. The zero-order valence-electron chi connectivity index (χ0n) is 15.5. The molecule has 1 fully saturated rings. The molecule has 28 heavy (non-hydrogen) atoms. The van der Waals surface area contributed by atoms with Crippen LogP contribution in [0.5, 0.6) is 5.75 Å². The fraction of sp³-hybridized carbons (Fsp3) is 0.300. The number of ether oxygens (including phenoxy) is 1. The summed E-state index contributed by atoms with van der Waals surface area (Å²) in [6.07, 6.45) is 2.58. The molecule has 0 aromatic heterocycles. The highest BCUT2D eigenvalue weighted by atomic mass is 35.5. The first-order valence-corrected chi connectivity index (χ1v) is 9.18. The van der Waals surface area contributed by atoms with Crippen LogP contribution in [0.1, 0.15) is 35.2 Å². The van der Waals surface area contributed by atoms with Gasteiger partial charge in [-0.25, -0.2) is 0 Å². The Balaban J connectivity index is 0.00000280. The highest BCUT2D eigenvalue weighted by Crippen LogP contribution is 2.29. The minimum Gasteiger partial charge on any atom is -0.496 e. The van der Waals surface area contributed by atoms with Crippen LogP contribution in [0.25, 0.3) is 0 Å². The summed E-state index contributed by atoms with van der Waals surface area (Å²) in [5, 5.41) is 3.15. The molecule has 2 aromatic carbocycles. The van der Waals surface area contributed by atoms with E-state index in [2.05, 4.69) is 5.32 Å². The van der Waals surface area contributed by atoms with Crippen LogP contribution in [0, 0.1) is 0 Å². The second kappa shape index (κ2) is 9.66. The highest BCUT2D eigenvalue weighted by molar-refractivity contribution is 6.33. The largest absolute Gasteiger partial charge is 0.496 e. The molecule has 0 unspecified atom stereocenters. The quantitative estimate of drug-likeness (QED) is 0.716. The Kier molecular flexibility index (Phi) is 7.54. The van der Waals surface area contributed by atoms with Crippen molar-refractivity contribution < 1.29 is 14.3 Å². The Morgan fingerprint density at radius 1 is 1.25 bits per heavy atom. The van der Waals surface area contributed by atoms with Crippen LogP contribution in [0.2, 0.25) is 5.02 Å². The lowest BCUT2D eigenvalue weighted by Gasteiger charge is -2.26. The van der Waals surface area contributed by atoms with Crippen molar-refractivity contribution >= 4 is 47.2 Å². The van der Waals surface area contributed by atoms with Gasteiger partial charge in [0.25, 0.3) is 5.91 Å². The number of nitrogens with one attached hydrogen (secondary N) is 1. The predicted molar refractivity (Wildman–Crippen MR) is 113 cm³/mol. The SMILES string of the molecule is COc1cc(N)c(Cl)cc1C(=O)NCc1ccc(N2CCCCC2=O)cc1.Cl. The van der Waals surface area contributed by atoms with Crippen LogP contribution in [0.15, 0.2) is 36.4 Å². The van der Waals surface area contributed by atoms with Gasteiger partial charge in [-0.2, -0.15) is 0 Å². The maximum absolute atomic E-state index is 12.5. The highest BCUT2D eigenvalue weighted by Gasteiger charge is 2.19. The summed E-state index contributed by atoms with van der Waals surface area (Å²) in [6, 6.07) is 10.7. The van der Waals surface area contributed by atoms with Crippen molar-refractivity contribution in [2.45, 2.75) is 25.8 Å². The standard InChI is InChI=1S/C20H22ClN3O3.ClH/c1-27-18-11-17(22)16(21)10-15(18)20(26)23-12-13-5-7-14(8-6-13)24-9-3-2-4-19(24)25;/h5-8,10-11H,2-4,9,12,22H2,1H3,(H,23,26);1H. The number of rotatable bonds is 5. The van der Waals surface area contributed by atoms with Gasteiger partial charge < -0.3 is 20.7 Å². The first kappa shape index (κ1) is 21.9. The molecule has 1 saturated heterocycles. The molecule has 1 aliphatic rings. The van der Waals surface area contributed by atoms with Crippen molar-refractivity contribution in [3.8, 4) is 5.75 Å². The molecule has 8 heteroatoms. The molecule has 0 spiro atoms. The van der Waals surface area contributed by atoms with Crippen LogP contribution in [-0.4, -0.2) is 25.5 Å². The average molecular weight is 424 g/mol. The number of hydrogen-bond acceptors (Lipinski definition) is 4. The smallest absolute Gasteiger partial charge is 0.255 e. The summed E-state index contributed by atoms with van der Waals surface area (Å²) in [6.45, 7) is 1.10. The Hall–Kier alpha value is -2.44. The van der Waals surface area contributed by atoms with Gasteiger partial charge in [0, 0.05) is 31.3 Å². The fourth-order valence-electron chi connectivity index (χ4n) is 3.07. The number of anilines is 2. The van der Waals surface area contributed by atoms with Crippen LogP contribution in [-0.2, 0) is 11.3 Å². The van der Waals surface area contributed by atoms with Crippen molar-refractivity contribution in [2.24, 2.45) is 0 Å². The number of amides is 2. The minimum atomic E-state index is -0.302. The fourth-order valence-corrected chi connectivity index (χ4v) is 3.23. The van der Waals surface area contributed by atoms with E-state index in [0.29, 0.717) is 35.0 Å². The number of hydrogen-bond donors (Lipinski definition) is 2. The minimum absolute atomic E-state index is 0. The summed E-state index contributed by atoms with van der Waals surface area (Å²) in [5.41, 5.74) is 8.24. The first-order chi connectivity index (χ1) is 13.0. The number of nitrogen functional groups attached to an aromatic ring is 1. The second-order valence-corrected chi connectivity index (χ2v) is 6.83. The molecular formula is C20H23Cl2N3O3. The van der Waals surface area contributed by atoms with Gasteiger partial charge in [0.05, 0.1) is 23.4 Å². The molecule has 6 nitrogen and oxygen atoms in total. The lowest BCUT2D eigenvalue weighted by molar-refractivity contribution is -0.119. The van der Waals surface area contributed by atoms with E-state index < -0.39 is 0 Å². The van der Waals surface area contributed by atoms with Gasteiger partial charge in [0.1, 0.15) is 5.75 Å². The van der Waals surface area contributed by atoms with Gasteiger partial charge in [-0.05, 0) is 36.6 Å². The summed E-state index contributed by atoms with van der Waals surface area (Å²) in [4.78, 5) is 26.3. The van der Waals surface area contributed by atoms with E-state index in [4.69, 9.17) is 22.1 Å². The first-order valence-electron chi connectivity index (χ1n) is 8.80. The normalized spacial score (nSPS) is 13.6. The van der Waals surface area contributed by atoms with E-state index in [1.165, 1.54) is 19.2 Å². The van der Waals surface area contributed by atoms with Crippen LogP contribution >= 0.6 is 24.0 Å². The third kappa shape index (κ3) is 4.88. The van der Waals surface area contributed by atoms with Crippen molar-refractivity contribution in [2.75, 3.05) is 24.3 Å². The van der Waals surface area contributed by atoms with Gasteiger partial charge in [0.15, 0.2) is 0 Å². The number of nitrogens with zero attached hydrogens (tertiary/aromatic N) is 1. The molecule has 3 N–H and O–H groups in total. The third-order valence-corrected chi connectivity index (χ3v) is 4.92. The molecule has 0 saturated carbocycles. The van der Waals surface area contributed by atoms with E-state index in [9.17, 15) is 9.59 Å². The number of carbonyl (C=O) groups is 2. The average Bonchev–Trinajstić information content (AvgIpc) is 2.68. The molecule has 0 aliphatic carbocycles. The van der Waals surface area contributed by atoms with Crippen molar-refractivity contribution in [3.63, 3.8) is 0 Å². The maximum atomic E-state index is 12.5. The number of halogens is 2. The third-order valence-electron chi connectivity index (χ3n) is 4.59. The summed E-state index contributed by atoms with van der Waals surface area (Å²) >= 11 is 6.01. The van der Waals surface area contributed by atoms with Gasteiger partial charge in [-0.15, -0.1) is 12.4 Å². The molecule has 0 atom stereocenters. The van der Waals surface area contributed by atoms with Gasteiger partial charge >= 0.3 is 0 Å². The summed E-state index contributed by atoms with van der Waals surface area (Å²) in [5.74, 6) is 0.229. The Labute approximate surface area is 175 Å². The molecule has 0 bridgehead atoms. The number of nitrogens with two attached hydrogens (primary N) is 1. The van der Waals surface area contributed by atoms with Gasteiger partial charge in [0.2, 0.25) is 5.91 Å². The molecular weight excluding hydrogens is 401 g/mol. The Bertz CT molecular complexity index is 857.